The normalized spacial score (nSPS) is 22.1. The SMILES string of the molecule is N#Cc1cccc(/C=C/C(=O)NC2CCN(C[C@@H]3CCOC3)CC2)c1. The minimum Gasteiger partial charge on any atom is -0.381 e. The lowest BCUT2D eigenvalue weighted by Crippen LogP contribution is -2.45. The van der Waals surface area contributed by atoms with Gasteiger partial charge >= 0.3 is 0 Å². The quantitative estimate of drug-likeness (QED) is 0.835. The van der Waals surface area contributed by atoms with Crippen molar-refractivity contribution >= 4 is 12.0 Å². The Morgan fingerprint density at radius 1 is 1.36 bits per heavy atom. The molecule has 1 amide bonds. The van der Waals surface area contributed by atoms with E-state index in [9.17, 15) is 4.79 Å². The number of likely N-dealkylation sites (tertiary alicyclic amines) is 1. The van der Waals surface area contributed by atoms with Gasteiger partial charge in [0.2, 0.25) is 5.91 Å². The average molecular weight is 339 g/mol. The van der Waals surface area contributed by atoms with Crippen molar-refractivity contribution < 1.29 is 9.53 Å². The Morgan fingerprint density at radius 3 is 2.92 bits per heavy atom. The number of benzene rings is 1. The number of rotatable bonds is 5. The van der Waals surface area contributed by atoms with Gasteiger partial charge in [-0.15, -0.1) is 0 Å². The maximum Gasteiger partial charge on any atom is 0.244 e. The molecule has 5 nitrogen and oxygen atoms in total. The number of ether oxygens (including phenoxy) is 1. The molecule has 1 N–H and O–H groups in total. The summed E-state index contributed by atoms with van der Waals surface area (Å²) in [6.07, 6.45) is 6.48. The highest BCUT2D eigenvalue weighted by Gasteiger charge is 2.24. The van der Waals surface area contributed by atoms with E-state index in [0.717, 1.165) is 51.3 Å². The first-order chi connectivity index (χ1) is 12.2. The van der Waals surface area contributed by atoms with E-state index in [1.54, 1.807) is 24.3 Å². The third-order valence-corrected chi connectivity index (χ3v) is 4.92. The van der Waals surface area contributed by atoms with Crippen molar-refractivity contribution in [2.75, 3.05) is 32.8 Å². The molecule has 0 spiro atoms. The predicted molar refractivity (Wildman–Crippen MR) is 96.7 cm³/mol. The molecule has 0 unspecified atom stereocenters. The molecule has 3 rings (SSSR count). The second-order valence-corrected chi connectivity index (χ2v) is 6.88. The van der Waals surface area contributed by atoms with E-state index >= 15 is 0 Å². The maximum atomic E-state index is 12.1. The van der Waals surface area contributed by atoms with E-state index < -0.39 is 0 Å². The van der Waals surface area contributed by atoms with Gasteiger partial charge in [0, 0.05) is 38.4 Å². The molecule has 132 valence electrons. The number of nitriles is 1. The van der Waals surface area contributed by atoms with Crippen molar-refractivity contribution in [3.05, 3.63) is 41.5 Å². The molecule has 0 aromatic heterocycles. The molecule has 1 aromatic rings. The largest absolute Gasteiger partial charge is 0.381 e. The van der Waals surface area contributed by atoms with E-state index in [-0.39, 0.29) is 11.9 Å². The van der Waals surface area contributed by atoms with Crippen LogP contribution in [0.3, 0.4) is 0 Å². The summed E-state index contributed by atoms with van der Waals surface area (Å²) >= 11 is 0. The molecular weight excluding hydrogens is 314 g/mol. The first-order valence-corrected chi connectivity index (χ1v) is 9.02. The number of carbonyl (C=O) groups is 1. The molecular formula is C20H25N3O2. The Morgan fingerprint density at radius 2 is 2.20 bits per heavy atom. The molecule has 2 fully saturated rings. The van der Waals surface area contributed by atoms with Gasteiger partial charge in [-0.3, -0.25) is 4.79 Å². The van der Waals surface area contributed by atoms with Crippen LogP contribution in [0.1, 0.15) is 30.4 Å². The number of amides is 1. The van der Waals surface area contributed by atoms with Gasteiger partial charge in [0.15, 0.2) is 0 Å². The summed E-state index contributed by atoms with van der Waals surface area (Å²) in [5, 5.41) is 12.0. The van der Waals surface area contributed by atoms with Gasteiger partial charge in [0.1, 0.15) is 0 Å². The molecule has 25 heavy (non-hydrogen) atoms. The van der Waals surface area contributed by atoms with Crippen LogP contribution in [0.5, 0.6) is 0 Å². The Labute approximate surface area is 149 Å². The first kappa shape index (κ1) is 17.7. The maximum absolute atomic E-state index is 12.1. The first-order valence-electron chi connectivity index (χ1n) is 9.02. The van der Waals surface area contributed by atoms with E-state index in [1.807, 2.05) is 12.1 Å². The summed E-state index contributed by atoms with van der Waals surface area (Å²) in [5.74, 6) is 0.614. The topological polar surface area (TPSA) is 65.4 Å². The summed E-state index contributed by atoms with van der Waals surface area (Å²) in [6, 6.07) is 9.58. The third-order valence-electron chi connectivity index (χ3n) is 4.92. The highest BCUT2D eigenvalue weighted by atomic mass is 16.5. The van der Waals surface area contributed by atoms with E-state index in [1.165, 1.54) is 6.42 Å². The van der Waals surface area contributed by atoms with Crippen molar-refractivity contribution in [1.29, 1.82) is 5.26 Å². The lowest BCUT2D eigenvalue weighted by Gasteiger charge is -2.33. The summed E-state index contributed by atoms with van der Waals surface area (Å²) < 4.78 is 5.44. The minimum absolute atomic E-state index is 0.0648. The number of hydrogen-bond donors (Lipinski definition) is 1. The number of hydrogen-bond acceptors (Lipinski definition) is 4. The Hall–Kier alpha value is -2.16. The van der Waals surface area contributed by atoms with Crippen molar-refractivity contribution in [2.24, 2.45) is 5.92 Å². The number of nitrogens with zero attached hydrogens (tertiary/aromatic N) is 2. The number of piperidine rings is 1. The van der Waals surface area contributed by atoms with Gasteiger partial charge in [0.05, 0.1) is 18.2 Å². The van der Waals surface area contributed by atoms with Crippen LogP contribution in [0.15, 0.2) is 30.3 Å². The molecule has 1 aromatic carbocycles. The lowest BCUT2D eigenvalue weighted by atomic mass is 10.0. The van der Waals surface area contributed by atoms with E-state index in [2.05, 4.69) is 16.3 Å². The fraction of sp³-hybridized carbons (Fsp3) is 0.500. The van der Waals surface area contributed by atoms with Crippen LogP contribution >= 0.6 is 0 Å². The Balaban J connectivity index is 1.41. The molecule has 2 saturated heterocycles. The Bertz CT molecular complexity index is 651. The number of nitrogens with one attached hydrogen (secondary N) is 1. The van der Waals surface area contributed by atoms with Crippen LogP contribution < -0.4 is 5.32 Å². The highest BCUT2D eigenvalue weighted by molar-refractivity contribution is 5.91. The fourth-order valence-electron chi connectivity index (χ4n) is 3.49. The zero-order valence-corrected chi connectivity index (χ0v) is 14.5. The summed E-state index contributed by atoms with van der Waals surface area (Å²) in [7, 11) is 0. The molecule has 5 heteroatoms. The van der Waals surface area contributed by atoms with Crippen LogP contribution in [0.25, 0.3) is 6.08 Å². The monoisotopic (exact) mass is 339 g/mol. The van der Waals surface area contributed by atoms with Gasteiger partial charge in [0.25, 0.3) is 0 Å². The Kier molecular flexibility index (Phi) is 6.21. The van der Waals surface area contributed by atoms with Crippen molar-refractivity contribution in [1.82, 2.24) is 10.2 Å². The van der Waals surface area contributed by atoms with E-state index in [0.29, 0.717) is 11.5 Å². The molecule has 0 radical (unpaired) electrons. The molecule has 2 aliphatic heterocycles. The second-order valence-electron chi connectivity index (χ2n) is 6.88. The zero-order valence-electron chi connectivity index (χ0n) is 14.5. The zero-order chi connectivity index (χ0) is 17.5. The lowest BCUT2D eigenvalue weighted by molar-refractivity contribution is -0.117. The molecule has 0 bridgehead atoms. The molecule has 2 aliphatic rings. The van der Waals surface area contributed by atoms with E-state index in [4.69, 9.17) is 10.00 Å². The van der Waals surface area contributed by atoms with Crippen LogP contribution in [0.4, 0.5) is 0 Å². The highest BCUT2D eigenvalue weighted by Crippen LogP contribution is 2.17. The smallest absolute Gasteiger partial charge is 0.244 e. The molecule has 0 saturated carbocycles. The van der Waals surface area contributed by atoms with Gasteiger partial charge in [-0.1, -0.05) is 12.1 Å². The van der Waals surface area contributed by atoms with Crippen molar-refractivity contribution in [3.8, 4) is 6.07 Å². The van der Waals surface area contributed by atoms with Crippen LogP contribution in [-0.2, 0) is 9.53 Å². The number of carbonyl (C=O) groups excluding carboxylic acids is 1. The van der Waals surface area contributed by atoms with Crippen molar-refractivity contribution in [2.45, 2.75) is 25.3 Å². The molecule has 1 atom stereocenters. The minimum atomic E-state index is -0.0648. The summed E-state index contributed by atoms with van der Waals surface area (Å²) in [5.41, 5.74) is 1.46. The average Bonchev–Trinajstić information content (AvgIpc) is 3.15. The predicted octanol–water partition coefficient (Wildman–Crippen LogP) is 2.19. The fourth-order valence-corrected chi connectivity index (χ4v) is 3.49. The standard InChI is InChI=1S/C20H25N3O2/c21-13-17-3-1-2-16(12-17)4-5-20(24)22-19-6-9-23(10-7-19)14-18-8-11-25-15-18/h1-5,12,18-19H,6-11,14-15H2,(H,22,24)/b5-4+/t18-/m0/s1. The molecule has 2 heterocycles. The summed E-state index contributed by atoms with van der Waals surface area (Å²) in [6.45, 7) is 5.00. The van der Waals surface area contributed by atoms with Gasteiger partial charge in [-0.2, -0.15) is 5.26 Å². The van der Waals surface area contributed by atoms with Gasteiger partial charge < -0.3 is 15.0 Å². The van der Waals surface area contributed by atoms with Gasteiger partial charge in [-0.25, -0.2) is 0 Å². The van der Waals surface area contributed by atoms with Crippen LogP contribution in [0, 0.1) is 17.2 Å². The second kappa shape index (κ2) is 8.80. The molecule has 0 aliphatic carbocycles. The third kappa shape index (κ3) is 5.42. The van der Waals surface area contributed by atoms with Crippen molar-refractivity contribution in [3.63, 3.8) is 0 Å². The van der Waals surface area contributed by atoms with Crippen LogP contribution in [-0.4, -0.2) is 49.7 Å². The summed E-state index contributed by atoms with van der Waals surface area (Å²) in [4.78, 5) is 14.6. The van der Waals surface area contributed by atoms with Gasteiger partial charge in [-0.05, 0) is 49.0 Å². The van der Waals surface area contributed by atoms with Crippen LogP contribution in [0.2, 0.25) is 0 Å².